The van der Waals surface area contributed by atoms with Crippen molar-refractivity contribution in [1.82, 2.24) is 4.73 Å². The maximum atomic E-state index is 6.02. The zero-order valence-corrected chi connectivity index (χ0v) is 17.7. The van der Waals surface area contributed by atoms with Gasteiger partial charge in [0.05, 0.1) is 44.1 Å². The van der Waals surface area contributed by atoms with Crippen molar-refractivity contribution in [1.29, 1.82) is 0 Å². The smallest absolute Gasteiger partial charge is 0.138 e. The van der Waals surface area contributed by atoms with Crippen LogP contribution in [0.3, 0.4) is 0 Å². The van der Waals surface area contributed by atoms with Crippen LogP contribution in [0.2, 0.25) is 0 Å². The van der Waals surface area contributed by atoms with Crippen LogP contribution in [-0.4, -0.2) is 51.5 Å². The van der Waals surface area contributed by atoms with E-state index in [1.807, 2.05) is 16.9 Å². The Balaban J connectivity index is 1.63. The molecule has 0 saturated heterocycles. The molecule has 0 aliphatic rings. The molecule has 140 valence electrons. The van der Waals surface area contributed by atoms with Gasteiger partial charge in [0, 0.05) is 26.8 Å². The second kappa shape index (κ2) is 9.71. The number of aromatic nitrogens is 1. The lowest BCUT2D eigenvalue weighted by Gasteiger charge is -2.11. The molecule has 0 spiro atoms. The number of fused-ring (bicyclic) bond motifs is 3. The van der Waals surface area contributed by atoms with Crippen LogP contribution >= 0.6 is 31.9 Å². The summed E-state index contributed by atoms with van der Waals surface area (Å²) >= 11 is 7.08. The third kappa shape index (κ3) is 4.78. The summed E-state index contributed by atoms with van der Waals surface area (Å²) in [5, 5.41) is 2.31. The summed E-state index contributed by atoms with van der Waals surface area (Å²) < 4.78 is 19.7. The van der Waals surface area contributed by atoms with Gasteiger partial charge in [-0.05, 0) is 24.3 Å². The average Bonchev–Trinajstić information content (AvgIpc) is 2.92. The standard InChI is InChI=1S/C19H21Br2NO4/c1-23-6-7-24-8-9-25-10-11-26-22-18-12-14(20)2-4-16(18)17-5-3-15(21)13-19(17)22/h2-5,12-13H,6-11H2,1H3. The molecular formula is C19H21Br2NO4. The van der Waals surface area contributed by atoms with Gasteiger partial charge in [0.25, 0.3) is 0 Å². The number of halogens is 2. The molecule has 2 aromatic carbocycles. The Hall–Kier alpha value is -1.12. The number of nitrogens with zero attached hydrogens (tertiary/aromatic N) is 1. The van der Waals surface area contributed by atoms with Crippen LogP contribution < -0.4 is 4.84 Å². The molecule has 3 aromatic rings. The number of ether oxygens (including phenoxy) is 3. The maximum Gasteiger partial charge on any atom is 0.138 e. The van der Waals surface area contributed by atoms with Crippen LogP contribution in [0.4, 0.5) is 0 Å². The topological polar surface area (TPSA) is 41.9 Å². The summed E-state index contributed by atoms with van der Waals surface area (Å²) in [5.41, 5.74) is 2.05. The van der Waals surface area contributed by atoms with E-state index in [0.717, 1.165) is 30.8 Å². The molecule has 0 radical (unpaired) electrons. The van der Waals surface area contributed by atoms with Crippen LogP contribution in [0, 0.1) is 0 Å². The van der Waals surface area contributed by atoms with Gasteiger partial charge in [0.15, 0.2) is 0 Å². The Morgan fingerprint density at radius 1 is 0.731 bits per heavy atom. The molecule has 0 atom stereocenters. The third-order valence-electron chi connectivity index (χ3n) is 3.90. The van der Waals surface area contributed by atoms with Gasteiger partial charge in [-0.25, -0.2) is 0 Å². The summed E-state index contributed by atoms with van der Waals surface area (Å²) in [6.07, 6.45) is 0. The summed E-state index contributed by atoms with van der Waals surface area (Å²) in [6, 6.07) is 12.4. The van der Waals surface area contributed by atoms with E-state index in [4.69, 9.17) is 19.0 Å². The molecule has 1 heterocycles. The van der Waals surface area contributed by atoms with Crippen molar-refractivity contribution in [3.63, 3.8) is 0 Å². The minimum Gasteiger partial charge on any atom is -0.411 e. The van der Waals surface area contributed by atoms with E-state index in [2.05, 4.69) is 56.1 Å². The van der Waals surface area contributed by atoms with Gasteiger partial charge >= 0.3 is 0 Å². The van der Waals surface area contributed by atoms with E-state index in [-0.39, 0.29) is 0 Å². The Morgan fingerprint density at radius 2 is 1.23 bits per heavy atom. The molecule has 26 heavy (non-hydrogen) atoms. The second-order valence-corrected chi connectivity index (χ2v) is 7.50. The highest BCUT2D eigenvalue weighted by Gasteiger charge is 2.12. The first kappa shape index (κ1) is 19.6. The summed E-state index contributed by atoms with van der Waals surface area (Å²) in [4.78, 5) is 6.02. The zero-order valence-electron chi connectivity index (χ0n) is 14.5. The number of rotatable bonds is 10. The van der Waals surface area contributed by atoms with Crippen molar-refractivity contribution >= 4 is 53.7 Å². The Labute approximate surface area is 169 Å². The van der Waals surface area contributed by atoms with E-state index in [0.29, 0.717) is 39.6 Å². The Bertz CT molecular complexity index is 806. The van der Waals surface area contributed by atoms with Gasteiger partial charge in [0.2, 0.25) is 0 Å². The largest absolute Gasteiger partial charge is 0.411 e. The van der Waals surface area contributed by atoms with E-state index in [9.17, 15) is 0 Å². The molecule has 0 amide bonds. The molecule has 5 nitrogen and oxygen atoms in total. The van der Waals surface area contributed by atoms with Gasteiger partial charge in [-0.3, -0.25) is 0 Å². The van der Waals surface area contributed by atoms with Crippen LogP contribution in [0.25, 0.3) is 21.8 Å². The number of hydrogen-bond acceptors (Lipinski definition) is 4. The van der Waals surface area contributed by atoms with Crippen LogP contribution in [0.1, 0.15) is 0 Å². The molecule has 0 fully saturated rings. The Morgan fingerprint density at radius 3 is 1.77 bits per heavy atom. The number of hydrogen-bond donors (Lipinski definition) is 0. The highest BCUT2D eigenvalue weighted by Crippen LogP contribution is 2.31. The van der Waals surface area contributed by atoms with E-state index < -0.39 is 0 Å². The number of benzene rings is 2. The summed E-state index contributed by atoms with van der Waals surface area (Å²) in [7, 11) is 1.66. The summed E-state index contributed by atoms with van der Waals surface area (Å²) in [5.74, 6) is 0. The third-order valence-corrected chi connectivity index (χ3v) is 4.89. The molecule has 7 heteroatoms. The van der Waals surface area contributed by atoms with Crippen LogP contribution in [0.15, 0.2) is 45.3 Å². The minimum atomic E-state index is 0.454. The van der Waals surface area contributed by atoms with Gasteiger partial charge in [-0.15, -0.1) is 0 Å². The zero-order chi connectivity index (χ0) is 18.4. The lowest BCUT2D eigenvalue weighted by Crippen LogP contribution is -2.18. The van der Waals surface area contributed by atoms with Crippen LogP contribution in [-0.2, 0) is 14.2 Å². The monoisotopic (exact) mass is 485 g/mol. The first-order valence-corrected chi connectivity index (χ1v) is 9.96. The molecule has 0 unspecified atom stereocenters. The lowest BCUT2D eigenvalue weighted by molar-refractivity contribution is 0.00385. The molecule has 0 aliphatic heterocycles. The predicted octanol–water partition coefficient (Wildman–Crippen LogP) is 4.43. The molecular weight excluding hydrogens is 466 g/mol. The van der Waals surface area contributed by atoms with Gasteiger partial charge < -0.3 is 19.0 Å². The van der Waals surface area contributed by atoms with Crippen molar-refractivity contribution in [2.24, 2.45) is 0 Å². The van der Waals surface area contributed by atoms with Crippen molar-refractivity contribution in [3.05, 3.63) is 45.3 Å². The fraction of sp³-hybridized carbons (Fsp3) is 0.368. The highest BCUT2D eigenvalue weighted by atomic mass is 79.9. The predicted molar refractivity (Wildman–Crippen MR) is 110 cm³/mol. The second-order valence-electron chi connectivity index (χ2n) is 5.67. The minimum absolute atomic E-state index is 0.454. The SMILES string of the molecule is COCCOCCOCCOn1c2cc(Br)ccc2c2ccc(Br)cc21. The molecule has 0 bridgehead atoms. The van der Waals surface area contributed by atoms with Crippen molar-refractivity contribution in [2.75, 3.05) is 46.8 Å². The first-order valence-electron chi connectivity index (χ1n) is 8.37. The number of methoxy groups -OCH3 is 1. The van der Waals surface area contributed by atoms with Crippen molar-refractivity contribution in [3.8, 4) is 0 Å². The van der Waals surface area contributed by atoms with Crippen molar-refractivity contribution in [2.45, 2.75) is 0 Å². The molecule has 1 aromatic heterocycles. The normalized spacial score (nSPS) is 11.5. The van der Waals surface area contributed by atoms with Gasteiger partial charge in [0.1, 0.15) is 6.61 Å². The van der Waals surface area contributed by atoms with E-state index in [1.165, 1.54) is 0 Å². The lowest BCUT2D eigenvalue weighted by atomic mass is 10.2. The quantitative estimate of drug-likeness (QED) is 0.397. The van der Waals surface area contributed by atoms with Crippen LogP contribution in [0.5, 0.6) is 0 Å². The fourth-order valence-corrected chi connectivity index (χ4v) is 3.42. The average molecular weight is 487 g/mol. The molecule has 3 rings (SSSR count). The highest BCUT2D eigenvalue weighted by molar-refractivity contribution is 9.10. The van der Waals surface area contributed by atoms with Gasteiger partial charge in [-0.2, -0.15) is 4.73 Å². The summed E-state index contributed by atoms with van der Waals surface area (Å²) in [6.45, 7) is 3.23. The van der Waals surface area contributed by atoms with Crippen molar-refractivity contribution < 1.29 is 19.0 Å². The maximum absolute atomic E-state index is 6.02. The van der Waals surface area contributed by atoms with E-state index in [1.54, 1.807) is 7.11 Å². The Kier molecular flexibility index (Phi) is 7.33. The fourth-order valence-electron chi connectivity index (χ4n) is 2.72. The molecule has 0 aliphatic carbocycles. The first-order chi connectivity index (χ1) is 12.7. The van der Waals surface area contributed by atoms with E-state index >= 15 is 0 Å². The molecule has 0 N–H and O–H groups in total. The van der Waals surface area contributed by atoms with Gasteiger partial charge in [-0.1, -0.05) is 44.0 Å². The molecule has 0 saturated carbocycles.